The molecule has 1 aliphatic rings. The van der Waals surface area contributed by atoms with Crippen molar-refractivity contribution in [2.24, 2.45) is 0 Å². The number of benzene rings is 2. The number of halogens is 2. The van der Waals surface area contributed by atoms with Gasteiger partial charge in [-0.2, -0.15) is 10.1 Å². The SMILES string of the molecule is CC(C)OC(=O)[C@H](C)NP(=O)(OC[C@@]1(C(F)F)O[C@@H](n2ccc(N)nc2=O)[C@H](O)[C@H]1O)Oc1cccc2ccccc12. The lowest BCUT2D eigenvalue weighted by molar-refractivity contribution is -0.192. The molecule has 1 aromatic heterocycles. The van der Waals surface area contributed by atoms with E-state index in [-0.39, 0.29) is 11.6 Å². The van der Waals surface area contributed by atoms with Gasteiger partial charge in [-0.05, 0) is 38.3 Å². The summed E-state index contributed by atoms with van der Waals surface area (Å²) in [5.41, 5.74) is 1.43. The Hall–Kier alpha value is -3.46. The van der Waals surface area contributed by atoms with E-state index in [1.807, 2.05) is 0 Å². The summed E-state index contributed by atoms with van der Waals surface area (Å²) in [6.45, 7) is 3.19. The molecule has 3 aromatic rings. The molecule has 0 saturated carbocycles. The van der Waals surface area contributed by atoms with Crippen LogP contribution in [0.4, 0.5) is 14.6 Å². The number of fused-ring (bicyclic) bond motifs is 1. The third-order valence-corrected chi connectivity index (χ3v) is 8.05. The summed E-state index contributed by atoms with van der Waals surface area (Å²) in [5, 5.41) is 24.9. The van der Waals surface area contributed by atoms with Gasteiger partial charge in [0.2, 0.25) is 0 Å². The number of esters is 1. The van der Waals surface area contributed by atoms with Crippen LogP contribution in [-0.2, 0) is 23.4 Å². The molecular formula is C26H31F2N4O9P. The highest BCUT2D eigenvalue weighted by molar-refractivity contribution is 7.52. The number of anilines is 1. The van der Waals surface area contributed by atoms with Crippen LogP contribution >= 0.6 is 7.75 Å². The number of nitrogens with zero attached hydrogens (tertiary/aromatic N) is 2. The Morgan fingerprint density at radius 2 is 1.88 bits per heavy atom. The second kappa shape index (κ2) is 12.4. The number of nitrogen functional groups attached to an aromatic ring is 1. The van der Waals surface area contributed by atoms with Gasteiger partial charge in [-0.3, -0.25) is 13.9 Å². The Balaban J connectivity index is 1.67. The van der Waals surface area contributed by atoms with E-state index in [0.29, 0.717) is 15.3 Å². The average molecular weight is 613 g/mol. The van der Waals surface area contributed by atoms with Crippen LogP contribution < -0.4 is 21.0 Å². The molecule has 5 N–H and O–H groups in total. The zero-order valence-electron chi connectivity index (χ0n) is 22.8. The van der Waals surface area contributed by atoms with Crippen molar-refractivity contribution in [2.75, 3.05) is 12.3 Å². The molecule has 228 valence electrons. The first-order valence-corrected chi connectivity index (χ1v) is 14.4. The molecule has 1 fully saturated rings. The number of aliphatic hydroxyl groups excluding tert-OH is 2. The second-order valence-electron chi connectivity index (χ2n) is 9.92. The maximum atomic E-state index is 14.6. The molecule has 0 radical (unpaired) electrons. The van der Waals surface area contributed by atoms with E-state index in [2.05, 4.69) is 10.1 Å². The van der Waals surface area contributed by atoms with E-state index in [0.717, 1.165) is 12.3 Å². The number of carbonyl (C=O) groups excluding carboxylic acids is 1. The first-order chi connectivity index (χ1) is 19.8. The number of ether oxygens (including phenoxy) is 2. The van der Waals surface area contributed by atoms with Crippen molar-refractivity contribution in [2.45, 2.75) is 63.4 Å². The summed E-state index contributed by atoms with van der Waals surface area (Å²) in [4.78, 5) is 28.3. The van der Waals surface area contributed by atoms with Gasteiger partial charge in [0.15, 0.2) is 11.8 Å². The summed E-state index contributed by atoms with van der Waals surface area (Å²) in [7, 11) is -4.74. The molecule has 0 aliphatic carbocycles. The normalized spacial score (nSPS) is 24.5. The lowest BCUT2D eigenvalue weighted by atomic mass is 9.96. The molecule has 1 unspecified atom stereocenters. The van der Waals surface area contributed by atoms with Crippen molar-refractivity contribution in [3.63, 3.8) is 0 Å². The van der Waals surface area contributed by atoms with Gasteiger partial charge in [-0.25, -0.2) is 18.1 Å². The van der Waals surface area contributed by atoms with E-state index in [1.165, 1.54) is 13.0 Å². The van der Waals surface area contributed by atoms with Gasteiger partial charge in [0.1, 0.15) is 29.8 Å². The molecule has 0 spiro atoms. The van der Waals surface area contributed by atoms with Crippen molar-refractivity contribution in [1.29, 1.82) is 0 Å². The van der Waals surface area contributed by atoms with Crippen LogP contribution in [0.5, 0.6) is 5.75 Å². The fraction of sp³-hybridized carbons (Fsp3) is 0.423. The first kappa shape index (κ1) is 31.5. The highest BCUT2D eigenvalue weighted by Gasteiger charge is 2.61. The quantitative estimate of drug-likeness (QED) is 0.183. The third kappa shape index (κ3) is 6.46. The van der Waals surface area contributed by atoms with Crippen LogP contribution in [0.3, 0.4) is 0 Å². The number of alkyl halides is 2. The smallest absolute Gasteiger partial charge is 0.459 e. The number of hydrogen-bond donors (Lipinski definition) is 4. The molecule has 4 rings (SSSR count). The number of hydrogen-bond acceptors (Lipinski definition) is 11. The van der Waals surface area contributed by atoms with Crippen molar-refractivity contribution < 1.29 is 46.9 Å². The molecule has 2 heterocycles. The molecule has 0 amide bonds. The lowest BCUT2D eigenvalue weighted by Crippen LogP contribution is -2.53. The van der Waals surface area contributed by atoms with Crippen LogP contribution in [0.2, 0.25) is 0 Å². The largest absolute Gasteiger partial charge is 0.462 e. The van der Waals surface area contributed by atoms with E-state index < -0.39 is 68.6 Å². The topological polar surface area (TPSA) is 184 Å². The molecule has 42 heavy (non-hydrogen) atoms. The number of aliphatic hydroxyl groups is 2. The van der Waals surface area contributed by atoms with Crippen molar-refractivity contribution >= 4 is 30.3 Å². The Kier molecular flexibility index (Phi) is 9.30. The number of nitrogens with two attached hydrogens (primary N) is 1. The van der Waals surface area contributed by atoms with Crippen LogP contribution in [-0.4, -0.2) is 68.7 Å². The van der Waals surface area contributed by atoms with Gasteiger partial charge in [0, 0.05) is 11.6 Å². The fourth-order valence-corrected chi connectivity index (χ4v) is 5.87. The van der Waals surface area contributed by atoms with E-state index in [4.69, 9.17) is 24.3 Å². The number of aromatic nitrogens is 2. The summed E-state index contributed by atoms with van der Waals surface area (Å²) in [6, 6.07) is 11.6. The molecule has 0 bridgehead atoms. The number of rotatable bonds is 11. The zero-order valence-corrected chi connectivity index (χ0v) is 23.7. The Labute approximate surface area is 238 Å². The fourth-order valence-electron chi connectivity index (χ4n) is 4.32. The van der Waals surface area contributed by atoms with Gasteiger partial charge >= 0.3 is 19.4 Å². The van der Waals surface area contributed by atoms with Crippen LogP contribution in [0.15, 0.2) is 59.5 Å². The number of carbonyl (C=O) groups is 1. The van der Waals surface area contributed by atoms with Crippen LogP contribution in [0.1, 0.15) is 27.0 Å². The Bertz CT molecular complexity index is 1540. The molecule has 1 saturated heterocycles. The van der Waals surface area contributed by atoms with Gasteiger partial charge in [-0.15, -0.1) is 0 Å². The highest BCUT2D eigenvalue weighted by atomic mass is 31.2. The molecule has 16 heteroatoms. The predicted octanol–water partition coefficient (Wildman–Crippen LogP) is 2.37. The van der Waals surface area contributed by atoms with Gasteiger partial charge in [0.25, 0.3) is 6.43 Å². The first-order valence-electron chi connectivity index (χ1n) is 12.8. The van der Waals surface area contributed by atoms with Crippen LogP contribution in [0.25, 0.3) is 10.8 Å². The third-order valence-electron chi connectivity index (χ3n) is 6.44. The van der Waals surface area contributed by atoms with Crippen LogP contribution in [0, 0.1) is 0 Å². The summed E-state index contributed by atoms with van der Waals surface area (Å²) < 4.78 is 65.6. The minimum atomic E-state index is -4.74. The maximum Gasteiger partial charge on any atom is 0.459 e. The molecular weight excluding hydrogens is 581 g/mol. The van der Waals surface area contributed by atoms with Gasteiger partial charge < -0.3 is 29.9 Å². The monoisotopic (exact) mass is 612 g/mol. The Morgan fingerprint density at radius 1 is 1.19 bits per heavy atom. The maximum absolute atomic E-state index is 14.6. The second-order valence-corrected chi connectivity index (χ2v) is 11.6. The molecule has 6 atom stereocenters. The van der Waals surface area contributed by atoms with E-state index >= 15 is 0 Å². The Morgan fingerprint density at radius 3 is 2.55 bits per heavy atom. The molecule has 2 aromatic carbocycles. The van der Waals surface area contributed by atoms with E-state index in [1.54, 1.807) is 50.2 Å². The summed E-state index contributed by atoms with van der Waals surface area (Å²) >= 11 is 0. The predicted molar refractivity (Wildman–Crippen MR) is 146 cm³/mol. The molecule has 1 aliphatic heterocycles. The van der Waals surface area contributed by atoms with Crippen molar-refractivity contribution in [3.8, 4) is 5.75 Å². The van der Waals surface area contributed by atoms with Crippen molar-refractivity contribution in [1.82, 2.24) is 14.6 Å². The lowest BCUT2D eigenvalue weighted by Gasteiger charge is -2.32. The zero-order chi connectivity index (χ0) is 30.8. The van der Waals surface area contributed by atoms with Gasteiger partial charge in [-0.1, -0.05) is 36.4 Å². The van der Waals surface area contributed by atoms with E-state index in [9.17, 15) is 33.1 Å². The highest BCUT2D eigenvalue weighted by Crippen LogP contribution is 2.50. The average Bonchev–Trinajstić information content (AvgIpc) is 3.18. The van der Waals surface area contributed by atoms with Crippen molar-refractivity contribution in [3.05, 3.63) is 65.2 Å². The summed E-state index contributed by atoms with van der Waals surface area (Å²) in [5.74, 6) is -0.970. The number of nitrogens with one attached hydrogen (secondary N) is 1. The standard InChI is InChI=1S/C26H31F2N4O9P/c1-14(2)39-23(35)15(3)31-42(37,41-18-10-6-8-16-7-4-5-9-17(16)18)38-13-26(24(27)28)21(34)20(33)22(40-26)32-12-11-19(29)30-25(32)36/h4-12,14-15,20-22,24,33-34H,13H2,1-3H3,(H,31,37)(H2,29,30,36)/t15-,20+,21+,22+,26+,42?/m0/s1. The molecule has 13 nitrogen and oxygen atoms in total. The summed E-state index contributed by atoms with van der Waals surface area (Å²) in [6.07, 6.45) is -9.22. The minimum absolute atomic E-state index is 0.0322. The van der Waals surface area contributed by atoms with Gasteiger partial charge in [0.05, 0.1) is 12.7 Å². The minimum Gasteiger partial charge on any atom is -0.462 e.